The van der Waals surface area contributed by atoms with Crippen molar-refractivity contribution in [1.29, 1.82) is 0 Å². The number of unbranched alkanes of at least 4 members (excludes halogenated alkanes) is 1. The van der Waals surface area contributed by atoms with Crippen LogP contribution >= 0.6 is 11.8 Å². The molecule has 0 saturated carbocycles. The van der Waals surface area contributed by atoms with Crippen LogP contribution in [0.1, 0.15) is 40.5 Å². The van der Waals surface area contributed by atoms with E-state index in [0.717, 1.165) is 44.7 Å². The topological polar surface area (TPSA) is 57.2 Å². The number of rotatable bonds is 9. The van der Waals surface area contributed by atoms with Crippen molar-refractivity contribution in [3.05, 3.63) is 34.9 Å². The third kappa shape index (κ3) is 5.22. The minimum Gasteiger partial charge on any atom is -0.372 e. The first-order chi connectivity index (χ1) is 12.1. The van der Waals surface area contributed by atoms with Gasteiger partial charge >= 0.3 is 0 Å². The van der Waals surface area contributed by atoms with Crippen LogP contribution in [0.5, 0.6) is 0 Å². The normalized spacial score (nSPS) is 17.8. The van der Waals surface area contributed by atoms with E-state index in [0.29, 0.717) is 0 Å². The number of anilines is 1. The summed E-state index contributed by atoms with van der Waals surface area (Å²) in [6.07, 6.45) is 2.14. The Morgan fingerprint density at radius 2 is 1.80 bits per heavy atom. The molecule has 1 unspecified atom stereocenters. The third-order valence-electron chi connectivity index (χ3n) is 4.59. The SMILES string of the molecule is CCN(CC)c1ccc(/N=N/C2SC(C)=C(C)N2CCCCN)cc1. The molecule has 138 valence electrons. The molecule has 1 aromatic rings. The van der Waals surface area contributed by atoms with E-state index in [4.69, 9.17) is 5.73 Å². The Hall–Kier alpha value is -1.53. The fourth-order valence-electron chi connectivity index (χ4n) is 2.90. The number of allylic oxidation sites excluding steroid dienone is 2. The molecular formula is C19H31N5S. The summed E-state index contributed by atoms with van der Waals surface area (Å²) in [5, 5.41) is 9.08. The molecule has 0 amide bonds. The van der Waals surface area contributed by atoms with Gasteiger partial charge in [-0.25, -0.2) is 0 Å². The van der Waals surface area contributed by atoms with E-state index >= 15 is 0 Å². The first-order valence-electron chi connectivity index (χ1n) is 9.17. The standard InChI is InChI=1S/C19H31N5S/c1-5-23(6-2)18-11-9-17(10-12-18)21-22-19-24(14-8-7-13-20)15(3)16(4)25-19/h9-12,19H,5-8,13-14,20H2,1-4H3/b22-21+. The molecule has 1 heterocycles. The van der Waals surface area contributed by atoms with E-state index in [1.54, 1.807) is 11.8 Å². The van der Waals surface area contributed by atoms with Gasteiger partial charge in [0.2, 0.25) is 0 Å². The number of azo groups is 1. The minimum absolute atomic E-state index is 0.0419. The van der Waals surface area contributed by atoms with Crippen molar-refractivity contribution in [3.8, 4) is 0 Å². The fraction of sp³-hybridized carbons (Fsp3) is 0.579. The van der Waals surface area contributed by atoms with Crippen molar-refractivity contribution in [1.82, 2.24) is 4.90 Å². The summed E-state index contributed by atoms with van der Waals surface area (Å²) in [4.78, 5) is 5.99. The second-order valence-electron chi connectivity index (χ2n) is 6.18. The van der Waals surface area contributed by atoms with E-state index in [2.05, 4.69) is 59.9 Å². The lowest BCUT2D eigenvalue weighted by Gasteiger charge is -2.24. The molecule has 0 fully saturated rings. The molecule has 1 atom stereocenters. The Kier molecular flexibility index (Phi) is 7.78. The highest BCUT2D eigenvalue weighted by atomic mass is 32.2. The Labute approximate surface area is 156 Å². The summed E-state index contributed by atoms with van der Waals surface area (Å²) in [6, 6.07) is 8.33. The largest absolute Gasteiger partial charge is 0.372 e. The molecule has 0 bridgehead atoms. The van der Waals surface area contributed by atoms with Crippen LogP contribution in [-0.2, 0) is 0 Å². The smallest absolute Gasteiger partial charge is 0.193 e. The number of nitrogens with zero attached hydrogens (tertiary/aromatic N) is 4. The molecule has 6 heteroatoms. The quantitative estimate of drug-likeness (QED) is 0.500. The maximum absolute atomic E-state index is 5.62. The van der Waals surface area contributed by atoms with Gasteiger partial charge in [0.25, 0.3) is 0 Å². The first-order valence-corrected chi connectivity index (χ1v) is 10.0. The lowest BCUT2D eigenvalue weighted by Crippen LogP contribution is -2.27. The van der Waals surface area contributed by atoms with Crippen LogP contribution in [0.15, 0.2) is 45.1 Å². The van der Waals surface area contributed by atoms with Crippen molar-refractivity contribution in [2.45, 2.75) is 46.0 Å². The highest BCUT2D eigenvalue weighted by Crippen LogP contribution is 2.38. The van der Waals surface area contributed by atoms with Crippen molar-refractivity contribution >= 4 is 23.1 Å². The van der Waals surface area contributed by atoms with Crippen LogP contribution < -0.4 is 10.6 Å². The highest BCUT2D eigenvalue weighted by molar-refractivity contribution is 8.03. The van der Waals surface area contributed by atoms with Crippen LogP contribution in [0.2, 0.25) is 0 Å². The zero-order chi connectivity index (χ0) is 18.2. The summed E-state index contributed by atoms with van der Waals surface area (Å²) in [5.41, 5.74) is 9.10. The summed E-state index contributed by atoms with van der Waals surface area (Å²) in [7, 11) is 0. The van der Waals surface area contributed by atoms with E-state index in [1.165, 1.54) is 16.3 Å². The van der Waals surface area contributed by atoms with Gasteiger partial charge in [0.05, 0.1) is 5.69 Å². The zero-order valence-electron chi connectivity index (χ0n) is 15.9. The van der Waals surface area contributed by atoms with Crippen molar-refractivity contribution in [2.24, 2.45) is 16.0 Å². The molecule has 1 aromatic carbocycles. The second-order valence-corrected chi connectivity index (χ2v) is 7.45. The van der Waals surface area contributed by atoms with Crippen LogP contribution in [0, 0.1) is 0 Å². The Morgan fingerprint density at radius 3 is 2.40 bits per heavy atom. The number of hydrogen-bond donors (Lipinski definition) is 1. The molecule has 2 N–H and O–H groups in total. The molecular weight excluding hydrogens is 330 g/mol. The van der Waals surface area contributed by atoms with Crippen molar-refractivity contribution in [3.63, 3.8) is 0 Å². The predicted octanol–water partition coefficient (Wildman–Crippen LogP) is 4.94. The fourth-order valence-corrected chi connectivity index (χ4v) is 3.99. The molecule has 5 nitrogen and oxygen atoms in total. The van der Waals surface area contributed by atoms with Gasteiger partial charge in [-0.05, 0) is 71.3 Å². The minimum atomic E-state index is 0.0419. The molecule has 1 aliphatic heterocycles. The van der Waals surface area contributed by atoms with Gasteiger partial charge in [-0.15, -0.1) is 0 Å². The van der Waals surface area contributed by atoms with Gasteiger partial charge in [0, 0.05) is 35.9 Å². The maximum Gasteiger partial charge on any atom is 0.193 e. The number of thioether (sulfide) groups is 1. The number of nitrogens with two attached hydrogens (primary N) is 1. The Bertz CT molecular complexity index is 592. The monoisotopic (exact) mass is 361 g/mol. The van der Waals surface area contributed by atoms with Gasteiger partial charge in [-0.1, -0.05) is 11.8 Å². The molecule has 0 radical (unpaired) electrons. The Morgan fingerprint density at radius 1 is 1.12 bits per heavy atom. The van der Waals surface area contributed by atoms with Crippen LogP contribution in [0.3, 0.4) is 0 Å². The second kappa shape index (κ2) is 9.82. The molecule has 25 heavy (non-hydrogen) atoms. The van der Waals surface area contributed by atoms with Gasteiger partial charge in [-0.2, -0.15) is 10.2 Å². The molecule has 0 aliphatic carbocycles. The van der Waals surface area contributed by atoms with Gasteiger partial charge < -0.3 is 15.5 Å². The van der Waals surface area contributed by atoms with Crippen LogP contribution in [0.4, 0.5) is 11.4 Å². The van der Waals surface area contributed by atoms with Crippen molar-refractivity contribution in [2.75, 3.05) is 31.1 Å². The van der Waals surface area contributed by atoms with E-state index in [-0.39, 0.29) is 5.50 Å². The summed E-state index contributed by atoms with van der Waals surface area (Å²) in [6.45, 7) is 12.4. The average Bonchev–Trinajstić information content (AvgIpc) is 2.90. The predicted molar refractivity (Wildman–Crippen MR) is 109 cm³/mol. The third-order valence-corrected chi connectivity index (χ3v) is 5.80. The van der Waals surface area contributed by atoms with Gasteiger partial charge in [-0.3, -0.25) is 0 Å². The lowest BCUT2D eigenvalue weighted by molar-refractivity contribution is 0.324. The van der Waals surface area contributed by atoms with E-state index in [1.807, 2.05) is 12.1 Å². The first kappa shape index (κ1) is 19.8. The van der Waals surface area contributed by atoms with Crippen LogP contribution in [-0.4, -0.2) is 36.6 Å². The van der Waals surface area contributed by atoms with Gasteiger partial charge in [0.1, 0.15) is 0 Å². The summed E-state index contributed by atoms with van der Waals surface area (Å²) in [5.74, 6) is 0. The van der Waals surface area contributed by atoms with E-state index < -0.39 is 0 Å². The molecule has 1 aliphatic rings. The van der Waals surface area contributed by atoms with E-state index in [9.17, 15) is 0 Å². The molecule has 2 rings (SSSR count). The zero-order valence-corrected chi connectivity index (χ0v) is 16.7. The molecule has 0 saturated heterocycles. The maximum atomic E-state index is 5.62. The lowest BCUT2D eigenvalue weighted by atomic mass is 10.2. The number of benzene rings is 1. The summed E-state index contributed by atoms with van der Waals surface area (Å²) >= 11 is 1.78. The van der Waals surface area contributed by atoms with Gasteiger partial charge in [0.15, 0.2) is 5.50 Å². The summed E-state index contributed by atoms with van der Waals surface area (Å²) < 4.78 is 0. The Balaban J connectivity index is 2.02. The van der Waals surface area contributed by atoms with Crippen LogP contribution in [0.25, 0.3) is 0 Å². The average molecular weight is 362 g/mol. The highest BCUT2D eigenvalue weighted by Gasteiger charge is 2.27. The molecule has 0 spiro atoms. The van der Waals surface area contributed by atoms with Crippen molar-refractivity contribution < 1.29 is 0 Å². The molecule has 0 aromatic heterocycles. The number of hydrogen-bond acceptors (Lipinski definition) is 6.